The van der Waals surface area contributed by atoms with Gasteiger partial charge in [0.1, 0.15) is 0 Å². The van der Waals surface area contributed by atoms with Crippen LogP contribution in [0.25, 0.3) is 0 Å². The van der Waals surface area contributed by atoms with E-state index in [1.165, 1.54) is 6.42 Å². The van der Waals surface area contributed by atoms with E-state index in [0.717, 1.165) is 25.9 Å². The second-order valence-electron chi connectivity index (χ2n) is 4.52. The average Bonchev–Trinajstić information content (AvgIpc) is 2.28. The van der Waals surface area contributed by atoms with Crippen molar-refractivity contribution in [2.24, 2.45) is 0 Å². The summed E-state index contributed by atoms with van der Waals surface area (Å²) in [5.74, 6) is 0. The van der Waals surface area contributed by atoms with Crippen LogP contribution in [0.5, 0.6) is 0 Å². The van der Waals surface area contributed by atoms with Gasteiger partial charge in [-0.25, -0.2) is 0 Å². The molecule has 3 atom stereocenters. The van der Waals surface area contributed by atoms with E-state index in [0.29, 0.717) is 25.3 Å². The fraction of sp³-hybridized carbons (Fsp3) is 1.00. The van der Waals surface area contributed by atoms with Gasteiger partial charge in [0.15, 0.2) is 0 Å². The summed E-state index contributed by atoms with van der Waals surface area (Å²) in [6, 6.07) is 0.483. The molecule has 0 amide bonds. The summed E-state index contributed by atoms with van der Waals surface area (Å²) in [5, 5.41) is 12.9. The van der Waals surface area contributed by atoms with Crippen molar-refractivity contribution in [3.05, 3.63) is 0 Å². The van der Waals surface area contributed by atoms with E-state index in [9.17, 15) is 5.11 Å². The molecule has 0 aromatic heterocycles. The molecule has 96 valence electrons. The van der Waals surface area contributed by atoms with Crippen LogP contribution >= 0.6 is 0 Å². The maximum atomic E-state index is 9.53. The Hall–Kier alpha value is -0.160. The molecule has 0 radical (unpaired) electrons. The first-order chi connectivity index (χ1) is 7.76. The van der Waals surface area contributed by atoms with Crippen LogP contribution in [0.3, 0.4) is 0 Å². The summed E-state index contributed by atoms with van der Waals surface area (Å²) in [6.07, 6.45) is 4.41. The Balaban J connectivity index is 2.16. The van der Waals surface area contributed by atoms with Gasteiger partial charge in [0, 0.05) is 26.3 Å². The van der Waals surface area contributed by atoms with Gasteiger partial charge in [-0.3, -0.25) is 0 Å². The maximum Gasteiger partial charge on any atom is 0.0897 e. The predicted molar refractivity (Wildman–Crippen MR) is 63.6 cm³/mol. The molecule has 1 aliphatic heterocycles. The third-order valence-electron chi connectivity index (χ3n) is 2.98. The van der Waals surface area contributed by atoms with Gasteiger partial charge in [0.05, 0.1) is 18.8 Å². The van der Waals surface area contributed by atoms with Crippen molar-refractivity contribution in [1.82, 2.24) is 5.32 Å². The Kier molecular flexibility index (Phi) is 6.96. The van der Waals surface area contributed by atoms with Crippen LogP contribution in [-0.4, -0.2) is 50.2 Å². The standard InChI is InChI=1S/C12H25NO3/c1-3-4-12-7-10(5-6-16-12)13-8-11(14)9-15-2/h10-14H,3-9H2,1-2H3. The van der Waals surface area contributed by atoms with Crippen LogP contribution < -0.4 is 5.32 Å². The van der Waals surface area contributed by atoms with Crippen molar-refractivity contribution in [2.45, 2.75) is 50.9 Å². The zero-order chi connectivity index (χ0) is 11.8. The van der Waals surface area contributed by atoms with Crippen molar-refractivity contribution < 1.29 is 14.6 Å². The molecular formula is C12H25NO3. The lowest BCUT2D eigenvalue weighted by atomic mass is 10.00. The van der Waals surface area contributed by atoms with Crippen molar-refractivity contribution in [2.75, 3.05) is 26.9 Å². The van der Waals surface area contributed by atoms with Gasteiger partial charge in [0.25, 0.3) is 0 Å². The fourth-order valence-corrected chi connectivity index (χ4v) is 2.14. The summed E-state index contributed by atoms with van der Waals surface area (Å²) in [4.78, 5) is 0. The molecule has 1 saturated heterocycles. The van der Waals surface area contributed by atoms with Crippen molar-refractivity contribution >= 4 is 0 Å². The smallest absolute Gasteiger partial charge is 0.0897 e. The molecule has 1 rings (SSSR count). The molecule has 1 heterocycles. The molecule has 0 aromatic rings. The summed E-state index contributed by atoms with van der Waals surface area (Å²) in [5.41, 5.74) is 0. The summed E-state index contributed by atoms with van der Waals surface area (Å²) in [6.45, 7) is 4.03. The first-order valence-corrected chi connectivity index (χ1v) is 6.28. The van der Waals surface area contributed by atoms with E-state index < -0.39 is 6.10 Å². The molecule has 2 N–H and O–H groups in total. The molecule has 1 fully saturated rings. The van der Waals surface area contributed by atoms with Crippen molar-refractivity contribution in [3.63, 3.8) is 0 Å². The van der Waals surface area contributed by atoms with E-state index in [4.69, 9.17) is 9.47 Å². The lowest BCUT2D eigenvalue weighted by Gasteiger charge is -2.30. The Morgan fingerprint density at radius 3 is 3.06 bits per heavy atom. The van der Waals surface area contributed by atoms with Crippen molar-refractivity contribution in [3.8, 4) is 0 Å². The van der Waals surface area contributed by atoms with Gasteiger partial charge in [-0.2, -0.15) is 0 Å². The predicted octanol–water partition coefficient (Wildman–Crippen LogP) is 0.931. The molecule has 0 aliphatic carbocycles. The monoisotopic (exact) mass is 231 g/mol. The van der Waals surface area contributed by atoms with Crippen LogP contribution in [0.4, 0.5) is 0 Å². The van der Waals surface area contributed by atoms with E-state index in [1.54, 1.807) is 7.11 Å². The molecule has 4 heteroatoms. The third-order valence-corrected chi connectivity index (χ3v) is 2.98. The van der Waals surface area contributed by atoms with Gasteiger partial charge in [-0.05, 0) is 19.3 Å². The molecule has 0 saturated carbocycles. The molecule has 16 heavy (non-hydrogen) atoms. The molecule has 3 unspecified atom stereocenters. The van der Waals surface area contributed by atoms with E-state index >= 15 is 0 Å². The summed E-state index contributed by atoms with van der Waals surface area (Å²) < 4.78 is 10.6. The summed E-state index contributed by atoms with van der Waals surface area (Å²) >= 11 is 0. The number of aliphatic hydroxyl groups excluding tert-OH is 1. The molecule has 4 nitrogen and oxygen atoms in total. The Bertz CT molecular complexity index is 176. The van der Waals surface area contributed by atoms with Gasteiger partial charge in [-0.15, -0.1) is 0 Å². The van der Waals surface area contributed by atoms with Gasteiger partial charge in [0.2, 0.25) is 0 Å². The second-order valence-corrected chi connectivity index (χ2v) is 4.52. The highest BCUT2D eigenvalue weighted by atomic mass is 16.5. The molecule has 1 aliphatic rings. The van der Waals surface area contributed by atoms with E-state index in [2.05, 4.69) is 12.2 Å². The topological polar surface area (TPSA) is 50.7 Å². The van der Waals surface area contributed by atoms with Crippen LogP contribution in [0.1, 0.15) is 32.6 Å². The number of methoxy groups -OCH3 is 1. The minimum Gasteiger partial charge on any atom is -0.389 e. The second kappa shape index (κ2) is 8.01. The number of hydrogen-bond acceptors (Lipinski definition) is 4. The largest absolute Gasteiger partial charge is 0.389 e. The molecule has 0 bridgehead atoms. The number of ether oxygens (including phenoxy) is 2. The van der Waals surface area contributed by atoms with Crippen LogP contribution in [0.2, 0.25) is 0 Å². The maximum absolute atomic E-state index is 9.53. The minimum absolute atomic E-state index is 0.397. The highest BCUT2D eigenvalue weighted by molar-refractivity contribution is 4.77. The van der Waals surface area contributed by atoms with Crippen LogP contribution in [0.15, 0.2) is 0 Å². The fourth-order valence-electron chi connectivity index (χ4n) is 2.14. The minimum atomic E-state index is -0.405. The van der Waals surface area contributed by atoms with Crippen LogP contribution in [-0.2, 0) is 9.47 Å². The Morgan fingerprint density at radius 1 is 1.56 bits per heavy atom. The number of nitrogens with one attached hydrogen (secondary N) is 1. The number of rotatable bonds is 7. The lowest BCUT2D eigenvalue weighted by molar-refractivity contribution is -0.00714. The third kappa shape index (κ3) is 5.25. The van der Waals surface area contributed by atoms with Crippen LogP contribution in [0, 0.1) is 0 Å². The van der Waals surface area contributed by atoms with Gasteiger partial charge in [-0.1, -0.05) is 13.3 Å². The normalized spacial score (nSPS) is 27.9. The molecular weight excluding hydrogens is 206 g/mol. The van der Waals surface area contributed by atoms with Gasteiger partial charge >= 0.3 is 0 Å². The molecule has 0 aromatic carbocycles. The first-order valence-electron chi connectivity index (χ1n) is 6.28. The van der Waals surface area contributed by atoms with Gasteiger partial charge < -0.3 is 19.9 Å². The quantitative estimate of drug-likeness (QED) is 0.684. The first kappa shape index (κ1) is 13.9. The highest BCUT2D eigenvalue weighted by Gasteiger charge is 2.21. The number of hydrogen-bond donors (Lipinski definition) is 2. The Morgan fingerprint density at radius 2 is 2.38 bits per heavy atom. The Labute approximate surface area is 98.3 Å². The molecule has 0 spiro atoms. The van der Waals surface area contributed by atoms with E-state index in [1.807, 2.05) is 0 Å². The SMILES string of the molecule is CCCC1CC(NCC(O)COC)CCO1. The van der Waals surface area contributed by atoms with Crippen molar-refractivity contribution in [1.29, 1.82) is 0 Å². The zero-order valence-electron chi connectivity index (χ0n) is 10.4. The summed E-state index contributed by atoms with van der Waals surface area (Å²) in [7, 11) is 1.61. The lowest BCUT2D eigenvalue weighted by Crippen LogP contribution is -2.42. The zero-order valence-corrected chi connectivity index (χ0v) is 10.4. The highest BCUT2D eigenvalue weighted by Crippen LogP contribution is 2.17. The number of aliphatic hydroxyl groups is 1. The van der Waals surface area contributed by atoms with E-state index in [-0.39, 0.29) is 0 Å². The average molecular weight is 231 g/mol.